The van der Waals surface area contributed by atoms with E-state index in [0.29, 0.717) is 26.1 Å². The molecule has 0 spiro atoms. The van der Waals surface area contributed by atoms with E-state index in [4.69, 9.17) is 33.3 Å². The molecular weight excluding hydrogens is 366 g/mol. The van der Waals surface area contributed by atoms with Gasteiger partial charge in [0, 0.05) is 11.6 Å². The summed E-state index contributed by atoms with van der Waals surface area (Å²) in [5.74, 6) is 0.132. The number of furan rings is 1. The second kappa shape index (κ2) is 6.76. The molecule has 0 fully saturated rings. The van der Waals surface area contributed by atoms with E-state index in [0.717, 1.165) is 9.88 Å². The van der Waals surface area contributed by atoms with Gasteiger partial charge in [-0.15, -0.1) is 11.3 Å². The van der Waals surface area contributed by atoms with Gasteiger partial charge in [0.2, 0.25) is 0 Å². The van der Waals surface area contributed by atoms with Gasteiger partial charge in [-0.25, -0.2) is 4.79 Å². The minimum Gasteiger partial charge on any atom is -0.478 e. The predicted octanol–water partition coefficient (Wildman–Crippen LogP) is 4.05. The van der Waals surface area contributed by atoms with Crippen LogP contribution in [0.15, 0.2) is 34.7 Å². The Morgan fingerprint density at radius 1 is 1.38 bits per heavy atom. The van der Waals surface area contributed by atoms with Gasteiger partial charge in [-0.2, -0.15) is 0 Å². The number of thiazole rings is 1. The van der Waals surface area contributed by atoms with Gasteiger partial charge >= 0.3 is 5.97 Å². The van der Waals surface area contributed by atoms with Gasteiger partial charge < -0.3 is 14.5 Å². The number of carboxylic acid groups (broad SMARTS) is 1. The monoisotopic (exact) mass is 377 g/mol. The molecule has 1 aromatic carbocycles. The largest absolute Gasteiger partial charge is 0.478 e. The minimum absolute atomic E-state index is 0.155. The SMILES string of the molecule is C/C=c1/[nH]c(=S)s/c1=C\c1ccc(-c2cc(C(=O)O)ccc2Cl)o1. The molecule has 4 nitrogen and oxygen atoms in total. The zero-order valence-corrected chi connectivity index (χ0v) is 14.9. The lowest BCUT2D eigenvalue weighted by Gasteiger charge is -2.02. The van der Waals surface area contributed by atoms with Crippen LogP contribution >= 0.6 is 35.2 Å². The van der Waals surface area contributed by atoms with Crippen molar-refractivity contribution >= 4 is 53.3 Å². The molecule has 3 aromatic rings. The van der Waals surface area contributed by atoms with Crippen molar-refractivity contribution in [1.82, 2.24) is 4.98 Å². The smallest absolute Gasteiger partial charge is 0.335 e. The second-order valence-electron chi connectivity index (χ2n) is 4.93. The maximum atomic E-state index is 11.1. The Balaban J connectivity index is 2.07. The Hall–Kier alpha value is -2.15. The maximum absolute atomic E-state index is 11.1. The highest BCUT2D eigenvalue weighted by atomic mass is 35.5. The Labute approximate surface area is 151 Å². The highest BCUT2D eigenvalue weighted by Gasteiger charge is 2.12. The van der Waals surface area contributed by atoms with Crippen molar-refractivity contribution in [2.45, 2.75) is 6.92 Å². The summed E-state index contributed by atoms with van der Waals surface area (Å²) < 4.78 is 7.47. The molecule has 0 amide bonds. The molecule has 0 atom stereocenters. The van der Waals surface area contributed by atoms with Crippen molar-refractivity contribution in [3.8, 4) is 11.3 Å². The lowest BCUT2D eigenvalue weighted by molar-refractivity contribution is 0.0697. The Morgan fingerprint density at radius 2 is 2.17 bits per heavy atom. The molecule has 0 saturated carbocycles. The molecule has 0 bridgehead atoms. The molecule has 0 aliphatic heterocycles. The summed E-state index contributed by atoms with van der Waals surface area (Å²) in [6.45, 7) is 1.93. The van der Waals surface area contributed by atoms with Gasteiger partial charge in [0.1, 0.15) is 11.5 Å². The summed E-state index contributed by atoms with van der Waals surface area (Å²) in [6, 6.07) is 8.08. The molecule has 2 N–H and O–H groups in total. The molecule has 2 aromatic heterocycles. The van der Waals surface area contributed by atoms with E-state index >= 15 is 0 Å². The number of hydrogen-bond donors (Lipinski definition) is 2. The van der Waals surface area contributed by atoms with Crippen molar-refractivity contribution in [3.05, 3.63) is 60.5 Å². The quantitative estimate of drug-likeness (QED) is 0.676. The summed E-state index contributed by atoms with van der Waals surface area (Å²) in [5, 5.41) is 10.5. The number of aromatic nitrogens is 1. The lowest BCUT2D eigenvalue weighted by atomic mass is 10.1. The molecule has 0 aliphatic carbocycles. The number of nitrogens with one attached hydrogen (secondary N) is 1. The van der Waals surface area contributed by atoms with Crippen LogP contribution in [0.3, 0.4) is 0 Å². The number of aromatic carboxylic acids is 1. The topological polar surface area (TPSA) is 66.2 Å². The highest BCUT2D eigenvalue weighted by Crippen LogP contribution is 2.30. The molecule has 0 saturated heterocycles. The number of carbonyl (C=O) groups is 1. The van der Waals surface area contributed by atoms with E-state index in [-0.39, 0.29) is 5.56 Å². The molecular formula is C17H12ClNO3S2. The van der Waals surface area contributed by atoms with Crippen molar-refractivity contribution in [2.75, 3.05) is 0 Å². The average molecular weight is 378 g/mol. The summed E-state index contributed by atoms with van der Waals surface area (Å²) in [7, 11) is 0. The zero-order chi connectivity index (χ0) is 17.3. The van der Waals surface area contributed by atoms with Crippen LogP contribution in [-0.4, -0.2) is 16.1 Å². The van der Waals surface area contributed by atoms with E-state index in [9.17, 15) is 4.79 Å². The van der Waals surface area contributed by atoms with E-state index in [2.05, 4.69) is 4.98 Å². The average Bonchev–Trinajstić information content (AvgIpc) is 3.14. The number of halogens is 1. The maximum Gasteiger partial charge on any atom is 0.335 e. The number of aromatic amines is 1. The predicted molar refractivity (Wildman–Crippen MR) is 98.6 cm³/mol. The molecule has 7 heteroatoms. The molecule has 0 unspecified atom stereocenters. The third-order valence-corrected chi connectivity index (χ3v) is 4.90. The molecule has 24 heavy (non-hydrogen) atoms. The molecule has 2 heterocycles. The first-order chi connectivity index (χ1) is 11.5. The number of benzene rings is 1. The second-order valence-corrected chi connectivity index (χ2v) is 7.05. The van der Waals surface area contributed by atoms with E-state index < -0.39 is 5.97 Å². The van der Waals surface area contributed by atoms with Crippen molar-refractivity contribution in [3.63, 3.8) is 0 Å². The summed E-state index contributed by atoms with van der Waals surface area (Å²) in [6.07, 6.45) is 3.82. The van der Waals surface area contributed by atoms with E-state index in [1.54, 1.807) is 18.2 Å². The van der Waals surface area contributed by atoms with Crippen LogP contribution in [0.25, 0.3) is 23.5 Å². The first kappa shape index (κ1) is 16.7. The van der Waals surface area contributed by atoms with Crippen molar-refractivity contribution < 1.29 is 14.3 Å². The van der Waals surface area contributed by atoms with Crippen LogP contribution in [0.2, 0.25) is 5.02 Å². The fourth-order valence-corrected chi connectivity index (χ4v) is 3.63. The van der Waals surface area contributed by atoms with Gasteiger partial charge in [0.05, 0.1) is 20.5 Å². The standard InChI is InChI=1S/C17H12ClNO3S2/c1-2-13-15(24-17(23)19-13)8-10-4-6-14(22-10)11-7-9(16(20)21)3-5-12(11)18/h2-8H,1H3,(H,19,23)(H,20,21)/b13-2+,15-8-. The minimum atomic E-state index is -1.01. The van der Waals surface area contributed by atoms with Gasteiger partial charge in [0.25, 0.3) is 0 Å². The van der Waals surface area contributed by atoms with Crippen LogP contribution < -0.4 is 9.88 Å². The molecule has 0 radical (unpaired) electrons. The number of rotatable bonds is 3. The third-order valence-electron chi connectivity index (χ3n) is 3.37. The summed E-state index contributed by atoms with van der Waals surface area (Å²) in [5.41, 5.74) is 0.697. The van der Waals surface area contributed by atoms with Gasteiger partial charge in [-0.3, -0.25) is 0 Å². The Kier molecular flexibility index (Phi) is 4.71. The third kappa shape index (κ3) is 3.36. The van der Waals surface area contributed by atoms with Crippen LogP contribution in [-0.2, 0) is 0 Å². The lowest BCUT2D eigenvalue weighted by Crippen LogP contribution is -2.20. The molecule has 3 rings (SSSR count). The van der Waals surface area contributed by atoms with E-state index in [1.807, 2.05) is 19.1 Å². The molecule has 122 valence electrons. The highest BCUT2D eigenvalue weighted by molar-refractivity contribution is 7.73. The van der Waals surface area contributed by atoms with Crippen molar-refractivity contribution in [2.24, 2.45) is 0 Å². The zero-order valence-electron chi connectivity index (χ0n) is 12.5. The molecule has 0 aliphatic rings. The normalized spacial score (nSPS) is 12.8. The number of hydrogen-bond acceptors (Lipinski definition) is 4. The number of H-pyrrole nitrogens is 1. The van der Waals surface area contributed by atoms with Crippen LogP contribution in [0.1, 0.15) is 23.0 Å². The summed E-state index contributed by atoms with van der Waals surface area (Å²) in [4.78, 5) is 14.2. The first-order valence-corrected chi connectivity index (χ1v) is 8.58. The van der Waals surface area contributed by atoms with Crippen molar-refractivity contribution in [1.29, 1.82) is 0 Å². The Morgan fingerprint density at radius 3 is 2.88 bits per heavy atom. The van der Waals surface area contributed by atoms with Gasteiger partial charge in [-0.1, -0.05) is 17.7 Å². The summed E-state index contributed by atoms with van der Waals surface area (Å²) >= 11 is 12.8. The fraction of sp³-hybridized carbons (Fsp3) is 0.0588. The van der Waals surface area contributed by atoms with E-state index in [1.165, 1.54) is 23.5 Å². The van der Waals surface area contributed by atoms with Crippen LogP contribution in [0, 0.1) is 3.95 Å². The first-order valence-electron chi connectivity index (χ1n) is 6.98. The Bertz CT molecular complexity index is 1090. The van der Waals surface area contributed by atoms with Crippen LogP contribution in [0.4, 0.5) is 0 Å². The van der Waals surface area contributed by atoms with Gasteiger partial charge in [0.15, 0.2) is 3.95 Å². The van der Waals surface area contributed by atoms with Gasteiger partial charge in [-0.05, 0) is 49.5 Å². The fourth-order valence-electron chi connectivity index (χ4n) is 2.23. The van der Waals surface area contributed by atoms with Crippen LogP contribution in [0.5, 0.6) is 0 Å². The number of carboxylic acids is 1.